The van der Waals surface area contributed by atoms with Gasteiger partial charge >= 0.3 is 0 Å². The van der Waals surface area contributed by atoms with E-state index >= 15 is 0 Å². The number of aryl methyl sites for hydroxylation is 2. The van der Waals surface area contributed by atoms with Crippen molar-refractivity contribution in [3.63, 3.8) is 0 Å². The van der Waals surface area contributed by atoms with Crippen molar-refractivity contribution in [1.29, 1.82) is 0 Å². The van der Waals surface area contributed by atoms with Gasteiger partial charge in [0.2, 0.25) is 4.96 Å². The Kier molecular flexibility index (Phi) is 3.15. The van der Waals surface area contributed by atoms with Gasteiger partial charge in [0, 0.05) is 18.8 Å². The van der Waals surface area contributed by atoms with Crippen LogP contribution in [0.15, 0.2) is 0 Å². The molecule has 0 unspecified atom stereocenters. The Morgan fingerprint density at radius 2 is 1.94 bits per heavy atom. The normalized spacial score (nSPS) is 11.1. The van der Waals surface area contributed by atoms with E-state index in [9.17, 15) is 4.79 Å². The van der Waals surface area contributed by atoms with Crippen LogP contribution in [-0.2, 0) is 0 Å². The Bertz CT molecular complexity index is 553. The SMILES string of the molecule is CCN(CC)C(=O)c1sc2nnc(C)n2c1C. The van der Waals surface area contributed by atoms with Gasteiger partial charge in [-0.05, 0) is 27.7 Å². The second-order valence-electron chi connectivity index (χ2n) is 3.86. The summed E-state index contributed by atoms with van der Waals surface area (Å²) in [4.78, 5) is 15.7. The van der Waals surface area contributed by atoms with Crippen molar-refractivity contribution in [2.45, 2.75) is 27.7 Å². The summed E-state index contributed by atoms with van der Waals surface area (Å²) in [5, 5.41) is 8.05. The van der Waals surface area contributed by atoms with Crippen LogP contribution in [0.5, 0.6) is 0 Å². The van der Waals surface area contributed by atoms with Crippen LogP contribution >= 0.6 is 11.3 Å². The van der Waals surface area contributed by atoms with E-state index in [2.05, 4.69) is 10.2 Å². The van der Waals surface area contributed by atoms with Crippen LogP contribution < -0.4 is 0 Å². The average molecular weight is 252 g/mol. The number of carbonyl (C=O) groups excluding carboxylic acids is 1. The molecule has 0 saturated carbocycles. The first-order valence-electron chi connectivity index (χ1n) is 5.70. The van der Waals surface area contributed by atoms with Gasteiger partial charge in [0.1, 0.15) is 10.7 Å². The van der Waals surface area contributed by atoms with Crippen LogP contribution in [0.2, 0.25) is 0 Å². The van der Waals surface area contributed by atoms with Crippen molar-refractivity contribution in [2.75, 3.05) is 13.1 Å². The van der Waals surface area contributed by atoms with Gasteiger partial charge < -0.3 is 4.90 Å². The quantitative estimate of drug-likeness (QED) is 0.838. The van der Waals surface area contributed by atoms with Gasteiger partial charge in [-0.15, -0.1) is 10.2 Å². The maximum Gasteiger partial charge on any atom is 0.265 e. The Labute approximate surface area is 104 Å². The summed E-state index contributed by atoms with van der Waals surface area (Å²) >= 11 is 1.41. The zero-order valence-corrected chi connectivity index (χ0v) is 11.3. The molecule has 0 aliphatic carbocycles. The number of fused-ring (bicyclic) bond motifs is 1. The maximum absolute atomic E-state index is 12.3. The minimum atomic E-state index is 0.0856. The third-order valence-corrected chi connectivity index (χ3v) is 4.02. The topological polar surface area (TPSA) is 50.5 Å². The summed E-state index contributed by atoms with van der Waals surface area (Å²) in [6.07, 6.45) is 0. The second-order valence-corrected chi connectivity index (χ2v) is 4.84. The summed E-state index contributed by atoms with van der Waals surface area (Å²) in [7, 11) is 0. The lowest BCUT2D eigenvalue weighted by Crippen LogP contribution is -2.30. The average Bonchev–Trinajstić information content (AvgIpc) is 2.83. The highest BCUT2D eigenvalue weighted by Crippen LogP contribution is 2.23. The summed E-state index contributed by atoms with van der Waals surface area (Å²) in [6.45, 7) is 9.27. The minimum absolute atomic E-state index is 0.0856. The van der Waals surface area contributed by atoms with E-state index in [1.54, 1.807) is 0 Å². The molecule has 92 valence electrons. The summed E-state index contributed by atoms with van der Waals surface area (Å²) < 4.78 is 1.93. The monoisotopic (exact) mass is 252 g/mol. The standard InChI is InChI=1S/C11H16N4OS/c1-5-14(6-2)10(16)9-7(3)15-8(4)12-13-11(15)17-9/h5-6H2,1-4H3. The van der Waals surface area contributed by atoms with E-state index in [0.29, 0.717) is 0 Å². The first-order valence-corrected chi connectivity index (χ1v) is 6.52. The summed E-state index contributed by atoms with van der Waals surface area (Å²) in [6, 6.07) is 0. The maximum atomic E-state index is 12.3. The molecule has 1 amide bonds. The Morgan fingerprint density at radius 1 is 1.29 bits per heavy atom. The van der Waals surface area contributed by atoms with Gasteiger partial charge in [-0.1, -0.05) is 11.3 Å². The molecule has 2 rings (SSSR count). The van der Waals surface area contributed by atoms with Crippen molar-refractivity contribution in [2.24, 2.45) is 0 Å². The first kappa shape index (κ1) is 12.0. The molecule has 0 fully saturated rings. The molecule has 6 heteroatoms. The molecule has 0 radical (unpaired) electrons. The van der Waals surface area contributed by atoms with E-state index in [4.69, 9.17) is 0 Å². The van der Waals surface area contributed by atoms with Crippen molar-refractivity contribution in [1.82, 2.24) is 19.5 Å². The largest absolute Gasteiger partial charge is 0.338 e. The van der Waals surface area contributed by atoms with Crippen LogP contribution in [0.4, 0.5) is 0 Å². The number of carbonyl (C=O) groups is 1. The number of aromatic nitrogens is 3. The second kappa shape index (κ2) is 4.44. The van der Waals surface area contributed by atoms with E-state index in [0.717, 1.165) is 34.4 Å². The molecule has 2 heterocycles. The third kappa shape index (κ3) is 1.82. The summed E-state index contributed by atoms with van der Waals surface area (Å²) in [5.41, 5.74) is 0.935. The van der Waals surface area contributed by atoms with E-state index < -0.39 is 0 Å². The van der Waals surface area contributed by atoms with Gasteiger partial charge in [0.15, 0.2) is 0 Å². The van der Waals surface area contributed by atoms with Crippen LogP contribution in [0, 0.1) is 13.8 Å². The fourth-order valence-electron chi connectivity index (χ4n) is 1.91. The third-order valence-electron chi connectivity index (χ3n) is 2.90. The number of amides is 1. The smallest absolute Gasteiger partial charge is 0.265 e. The highest BCUT2D eigenvalue weighted by atomic mass is 32.1. The van der Waals surface area contributed by atoms with E-state index in [1.807, 2.05) is 37.0 Å². The molecule has 5 nitrogen and oxygen atoms in total. The molecule has 0 bridgehead atoms. The molecule has 0 saturated heterocycles. The number of nitrogens with zero attached hydrogens (tertiary/aromatic N) is 4. The molecule has 2 aromatic rings. The summed E-state index contributed by atoms with van der Waals surface area (Å²) in [5.74, 6) is 0.912. The number of thiazole rings is 1. The molecule has 0 spiro atoms. The van der Waals surface area contributed by atoms with Crippen molar-refractivity contribution >= 4 is 22.2 Å². The van der Waals surface area contributed by atoms with Crippen molar-refractivity contribution < 1.29 is 4.79 Å². The molecule has 0 aromatic carbocycles. The fourth-order valence-corrected chi connectivity index (χ4v) is 2.99. The molecular formula is C11H16N4OS. The zero-order valence-electron chi connectivity index (χ0n) is 10.5. The van der Waals surface area contributed by atoms with Gasteiger partial charge in [-0.25, -0.2) is 0 Å². The van der Waals surface area contributed by atoms with Crippen LogP contribution in [0.25, 0.3) is 4.96 Å². The highest BCUT2D eigenvalue weighted by molar-refractivity contribution is 7.19. The number of hydrogen-bond donors (Lipinski definition) is 0. The fraction of sp³-hybridized carbons (Fsp3) is 0.545. The predicted octanol–water partition coefficient (Wildman–Crippen LogP) is 1.89. The number of rotatable bonds is 3. The van der Waals surface area contributed by atoms with E-state index in [-0.39, 0.29) is 5.91 Å². The molecule has 0 aliphatic rings. The molecule has 17 heavy (non-hydrogen) atoms. The van der Waals surface area contributed by atoms with Crippen LogP contribution in [0.1, 0.15) is 35.0 Å². The Balaban J connectivity index is 2.49. The number of hydrogen-bond acceptors (Lipinski definition) is 4. The van der Waals surface area contributed by atoms with Gasteiger partial charge in [-0.3, -0.25) is 9.20 Å². The molecule has 0 aliphatic heterocycles. The highest BCUT2D eigenvalue weighted by Gasteiger charge is 2.21. The van der Waals surface area contributed by atoms with Crippen molar-refractivity contribution in [3.8, 4) is 0 Å². The van der Waals surface area contributed by atoms with Crippen molar-refractivity contribution in [3.05, 3.63) is 16.4 Å². The Morgan fingerprint density at radius 3 is 2.47 bits per heavy atom. The molecular weight excluding hydrogens is 236 g/mol. The van der Waals surface area contributed by atoms with Gasteiger partial charge in [0.25, 0.3) is 5.91 Å². The first-order chi connectivity index (χ1) is 8.10. The van der Waals surface area contributed by atoms with E-state index in [1.165, 1.54) is 11.3 Å². The molecule has 0 atom stereocenters. The molecule has 2 aromatic heterocycles. The lowest BCUT2D eigenvalue weighted by atomic mass is 10.3. The van der Waals surface area contributed by atoms with Crippen LogP contribution in [0.3, 0.4) is 0 Å². The predicted molar refractivity (Wildman–Crippen MR) is 67.6 cm³/mol. The lowest BCUT2D eigenvalue weighted by Gasteiger charge is -2.17. The Hall–Kier alpha value is -1.43. The van der Waals surface area contributed by atoms with Gasteiger partial charge in [-0.2, -0.15) is 0 Å². The minimum Gasteiger partial charge on any atom is -0.338 e. The van der Waals surface area contributed by atoms with Crippen LogP contribution in [-0.4, -0.2) is 38.5 Å². The lowest BCUT2D eigenvalue weighted by molar-refractivity contribution is 0.0776. The zero-order chi connectivity index (χ0) is 12.6. The van der Waals surface area contributed by atoms with Gasteiger partial charge in [0.05, 0.1) is 0 Å². The molecule has 0 N–H and O–H groups in total.